The average Bonchev–Trinajstić information content (AvgIpc) is 2.41. The van der Waals surface area contributed by atoms with Gasteiger partial charge >= 0.3 is 0 Å². The van der Waals surface area contributed by atoms with E-state index in [0.717, 1.165) is 11.3 Å². The van der Waals surface area contributed by atoms with Gasteiger partial charge in [0.15, 0.2) is 5.65 Å². The number of anilines is 1. The van der Waals surface area contributed by atoms with Crippen LogP contribution < -0.4 is 5.32 Å². The minimum Gasteiger partial charge on any atom is -0.367 e. The lowest BCUT2D eigenvalue weighted by molar-refractivity contribution is 0.232. The fourth-order valence-electron chi connectivity index (χ4n) is 2.69. The smallest absolute Gasteiger partial charge is 0.180 e. The lowest BCUT2D eigenvalue weighted by atomic mass is 9.75. The van der Waals surface area contributed by atoms with Crippen molar-refractivity contribution in [2.75, 3.05) is 5.32 Å². The van der Waals surface area contributed by atoms with Gasteiger partial charge in [0.2, 0.25) is 0 Å². The molecular weight excluding hydrogens is 236 g/mol. The van der Waals surface area contributed by atoms with Gasteiger partial charge in [0.25, 0.3) is 0 Å². The molecule has 2 aromatic rings. The van der Waals surface area contributed by atoms with Crippen molar-refractivity contribution < 1.29 is 0 Å². The SMILES string of the molecule is CC1(C)CCC(Nc2ccc3nccnc3n2)CC1. The second-order valence-corrected chi connectivity index (χ2v) is 6.18. The summed E-state index contributed by atoms with van der Waals surface area (Å²) in [6, 6.07) is 4.51. The molecule has 0 aliphatic heterocycles. The van der Waals surface area contributed by atoms with Crippen LogP contribution in [0.1, 0.15) is 39.5 Å². The monoisotopic (exact) mass is 256 g/mol. The summed E-state index contributed by atoms with van der Waals surface area (Å²) in [4.78, 5) is 13.0. The predicted octanol–water partition coefficient (Wildman–Crippen LogP) is 3.41. The fraction of sp³-hybridized carbons (Fsp3) is 0.533. The second-order valence-electron chi connectivity index (χ2n) is 6.18. The van der Waals surface area contributed by atoms with Crippen molar-refractivity contribution in [2.45, 2.75) is 45.6 Å². The third-order valence-electron chi connectivity index (χ3n) is 4.02. The Hall–Kier alpha value is -1.71. The van der Waals surface area contributed by atoms with Crippen LogP contribution in [0.25, 0.3) is 11.2 Å². The fourth-order valence-corrected chi connectivity index (χ4v) is 2.69. The zero-order valence-electron chi connectivity index (χ0n) is 11.6. The number of nitrogens with zero attached hydrogens (tertiary/aromatic N) is 3. The Labute approximate surface area is 113 Å². The molecule has 19 heavy (non-hydrogen) atoms. The van der Waals surface area contributed by atoms with Gasteiger partial charge in [0.05, 0.1) is 0 Å². The largest absolute Gasteiger partial charge is 0.367 e. The summed E-state index contributed by atoms with van der Waals surface area (Å²) in [5.74, 6) is 0.915. The maximum absolute atomic E-state index is 4.52. The zero-order valence-corrected chi connectivity index (χ0v) is 11.6. The van der Waals surface area contributed by atoms with E-state index in [4.69, 9.17) is 0 Å². The molecule has 0 atom stereocenters. The molecule has 4 nitrogen and oxygen atoms in total. The third-order valence-corrected chi connectivity index (χ3v) is 4.02. The van der Waals surface area contributed by atoms with E-state index in [9.17, 15) is 0 Å². The third kappa shape index (κ3) is 2.83. The lowest BCUT2D eigenvalue weighted by Crippen LogP contribution is -2.30. The number of aromatic nitrogens is 3. The molecule has 0 unspecified atom stereocenters. The van der Waals surface area contributed by atoms with Gasteiger partial charge in [-0.25, -0.2) is 9.97 Å². The van der Waals surface area contributed by atoms with E-state index in [-0.39, 0.29) is 0 Å². The summed E-state index contributed by atoms with van der Waals surface area (Å²) in [7, 11) is 0. The van der Waals surface area contributed by atoms with Crippen LogP contribution in [0.3, 0.4) is 0 Å². The molecule has 3 rings (SSSR count). The van der Waals surface area contributed by atoms with Crippen molar-refractivity contribution in [3.8, 4) is 0 Å². The Balaban J connectivity index is 1.72. The molecule has 1 aliphatic rings. The Bertz CT molecular complexity index is 569. The van der Waals surface area contributed by atoms with E-state index in [1.807, 2.05) is 12.1 Å². The van der Waals surface area contributed by atoms with Crippen molar-refractivity contribution in [2.24, 2.45) is 5.41 Å². The summed E-state index contributed by atoms with van der Waals surface area (Å²) in [5, 5.41) is 3.53. The number of hydrogen-bond donors (Lipinski definition) is 1. The highest BCUT2D eigenvalue weighted by Gasteiger charge is 2.26. The van der Waals surface area contributed by atoms with Gasteiger partial charge in [-0.15, -0.1) is 0 Å². The predicted molar refractivity (Wildman–Crippen MR) is 77.0 cm³/mol. The van der Waals surface area contributed by atoms with Gasteiger partial charge in [-0.05, 0) is 43.2 Å². The molecule has 1 N–H and O–H groups in total. The first-order valence-corrected chi connectivity index (χ1v) is 6.97. The molecule has 1 saturated carbocycles. The first kappa shape index (κ1) is 12.3. The minimum absolute atomic E-state index is 0.500. The quantitative estimate of drug-likeness (QED) is 0.894. The van der Waals surface area contributed by atoms with Crippen LogP contribution >= 0.6 is 0 Å². The number of hydrogen-bond acceptors (Lipinski definition) is 4. The highest BCUT2D eigenvalue weighted by molar-refractivity contribution is 5.71. The molecule has 2 heterocycles. The number of nitrogens with one attached hydrogen (secondary N) is 1. The molecule has 0 radical (unpaired) electrons. The van der Waals surface area contributed by atoms with E-state index in [2.05, 4.69) is 34.1 Å². The molecule has 0 amide bonds. The molecule has 0 saturated heterocycles. The number of pyridine rings is 1. The van der Waals surface area contributed by atoms with Crippen LogP contribution in [-0.4, -0.2) is 21.0 Å². The van der Waals surface area contributed by atoms with Crippen molar-refractivity contribution in [1.29, 1.82) is 0 Å². The van der Waals surface area contributed by atoms with E-state index in [0.29, 0.717) is 17.1 Å². The van der Waals surface area contributed by atoms with Gasteiger partial charge < -0.3 is 5.32 Å². The Kier molecular flexibility index (Phi) is 3.09. The molecule has 0 spiro atoms. The minimum atomic E-state index is 0.500. The Morgan fingerprint density at radius 2 is 1.84 bits per heavy atom. The molecule has 2 aromatic heterocycles. The average molecular weight is 256 g/mol. The van der Waals surface area contributed by atoms with Gasteiger partial charge in [-0.2, -0.15) is 0 Å². The molecular formula is C15H20N4. The molecule has 0 bridgehead atoms. The second kappa shape index (κ2) is 4.76. The molecule has 100 valence electrons. The van der Waals surface area contributed by atoms with Crippen LogP contribution in [0.2, 0.25) is 0 Å². The van der Waals surface area contributed by atoms with E-state index in [1.165, 1.54) is 25.7 Å². The molecule has 4 heteroatoms. The lowest BCUT2D eigenvalue weighted by Gasteiger charge is -2.34. The van der Waals surface area contributed by atoms with Crippen molar-refractivity contribution in [3.63, 3.8) is 0 Å². The Morgan fingerprint density at radius 1 is 1.11 bits per heavy atom. The van der Waals surface area contributed by atoms with Crippen LogP contribution in [0.4, 0.5) is 5.82 Å². The van der Waals surface area contributed by atoms with Crippen LogP contribution in [0.5, 0.6) is 0 Å². The summed E-state index contributed by atoms with van der Waals surface area (Å²) in [5.41, 5.74) is 2.06. The highest BCUT2D eigenvalue weighted by Crippen LogP contribution is 2.35. The first-order chi connectivity index (χ1) is 9.12. The summed E-state index contributed by atoms with van der Waals surface area (Å²) >= 11 is 0. The van der Waals surface area contributed by atoms with Crippen LogP contribution in [-0.2, 0) is 0 Å². The van der Waals surface area contributed by atoms with Gasteiger partial charge in [-0.3, -0.25) is 4.98 Å². The van der Waals surface area contributed by atoms with Crippen molar-refractivity contribution >= 4 is 17.0 Å². The highest BCUT2D eigenvalue weighted by atomic mass is 15.0. The maximum atomic E-state index is 4.52. The van der Waals surface area contributed by atoms with E-state index < -0.39 is 0 Å². The normalized spacial score (nSPS) is 19.5. The summed E-state index contributed by atoms with van der Waals surface area (Å²) in [6.45, 7) is 4.71. The maximum Gasteiger partial charge on any atom is 0.180 e. The summed E-state index contributed by atoms with van der Waals surface area (Å²) in [6.07, 6.45) is 8.36. The molecule has 1 aliphatic carbocycles. The van der Waals surface area contributed by atoms with Gasteiger partial charge in [0.1, 0.15) is 11.3 Å². The topological polar surface area (TPSA) is 50.7 Å². The summed E-state index contributed by atoms with van der Waals surface area (Å²) < 4.78 is 0. The number of rotatable bonds is 2. The van der Waals surface area contributed by atoms with Gasteiger partial charge in [-0.1, -0.05) is 13.8 Å². The number of fused-ring (bicyclic) bond motifs is 1. The van der Waals surface area contributed by atoms with E-state index >= 15 is 0 Å². The van der Waals surface area contributed by atoms with Crippen molar-refractivity contribution in [1.82, 2.24) is 15.0 Å². The molecule has 1 fully saturated rings. The zero-order chi connectivity index (χ0) is 13.3. The Morgan fingerprint density at radius 3 is 2.63 bits per heavy atom. The van der Waals surface area contributed by atoms with E-state index in [1.54, 1.807) is 12.4 Å². The first-order valence-electron chi connectivity index (χ1n) is 6.97. The standard InChI is InChI=1S/C15H20N4/c1-15(2)7-5-11(6-8-15)18-13-4-3-12-14(19-13)17-10-9-16-12/h3-4,9-11H,5-8H2,1-2H3,(H,17,18,19). The van der Waals surface area contributed by atoms with Crippen LogP contribution in [0, 0.1) is 5.41 Å². The van der Waals surface area contributed by atoms with Crippen molar-refractivity contribution in [3.05, 3.63) is 24.5 Å². The van der Waals surface area contributed by atoms with Crippen LogP contribution in [0.15, 0.2) is 24.5 Å². The molecule has 0 aromatic carbocycles. The van der Waals surface area contributed by atoms with Gasteiger partial charge in [0, 0.05) is 18.4 Å².